The van der Waals surface area contributed by atoms with Crippen LogP contribution in [0.5, 0.6) is 0 Å². The first kappa shape index (κ1) is 27.1. The Labute approximate surface area is 186 Å². The minimum atomic E-state index is -0.164. The molecule has 0 bridgehead atoms. The van der Waals surface area contributed by atoms with Crippen molar-refractivity contribution < 1.29 is 9.90 Å². The van der Waals surface area contributed by atoms with Crippen molar-refractivity contribution in [3.8, 4) is 0 Å². The molecule has 1 heterocycles. The average Bonchev–Trinajstić information content (AvgIpc) is 2.77. The number of aliphatic hydroxyl groups is 1. The third kappa shape index (κ3) is 14.2. The summed E-state index contributed by atoms with van der Waals surface area (Å²) in [6.07, 6.45) is 19.6. The van der Waals surface area contributed by atoms with Crippen LogP contribution in [-0.4, -0.2) is 54.4 Å². The number of aliphatic hydroxyl groups excluding tert-OH is 1. The van der Waals surface area contributed by atoms with Crippen molar-refractivity contribution in [3.63, 3.8) is 0 Å². The van der Waals surface area contributed by atoms with Crippen LogP contribution in [-0.2, 0) is 4.79 Å². The van der Waals surface area contributed by atoms with Crippen molar-refractivity contribution in [1.82, 2.24) is 15.5 Å². The van der Waals surface area contributed by atoms with E-state index < -0.39 is 0 Å². The topological polar surface area (TPSA) is 64.6 Å². The zero-order chi connectivity index (χ0) is 21.9. The van der Waals surface area contributed by atoms with E-state index in [1.807, 2.05) is 0 Å². The molecule has 0 spiro atoms. The summed E-state index contributed by atoms with van der Waals surface area (Å²) in [5.41, 5.74) is 0. The van der Waals surface area contributed by atoms with Crippen LogP contribution >= 0.6 is 0 Å². The van der Waals surface area contributed by atoms with Crippen LogP contribution in [0.4, 0.5) is 0 Å². The number of unbranched alkanes of at least 4 members (excludes halogenated alkanes) is 8. The Morgan fingerprint density at radius 3 is 2.43 bits per heavy atom. The smallest absolute Gasteiger partial charge is 0.221 e. The molecule has 0 aromatic rings. The molecule has 1 aliphatic rings. The molecule has 0 aromatic heterocycles. The number of carbonyl (C=O) groups is 1. The fourth-order valence-electron chi connectivity index (χ4n) is 4.08. The molecule has 176 valence electrons. The van der Waals surface area contributed by atoms with Crippen LogP contribution in [0.2, 0.25) is 0 Å². The number of hydrogen-bond donors (Lipinski definition) is 3. The van der Waals surface area contributed by atoms with Gasteiger partial charge in [0.1, 0.15) is 0 Å². The average molecular weight is 424 g/mol. The highest BCUT2D eigenvalue weighted by atomic mass is 16.3. The molecule has 1 fully saturated rings. The Kier molecular flexibility index (Phi) is 17.0. The summed E-state index contributed by atoms with van der Waals surface area (Å²) in [6.45, 7) is 8.43. The highest BCUT2D eigenvalue weighted by molar-refractivity contribution is 5.76. The van der Waals surface area contributed by atoms with E-state index in [0.29, 0.717) is 6.42 Å². The predicted molar refractivity (Wildman–Crippen MR) is 128 cm³/mol. The molecule has 0 aliphatic carbocycles. The minimum Gasteiger partial charge on any atom is -0.393 e. The molecule has 1 amide bonds. The molecular formula is C25H49N3O2. The molecular weight excluding hydrogens is 374 g/mol. The van der Waals surface area contributed by atoms with Crippen LogP contribution in [0.25, 0.3) is 0 Å². The molecule has 5 nitrogen and oxygen atoms in total. The Morgan fingerprint density at radius 1 is 1.00 bits per heavy atom. The SMILES string of the molecule is CCCCCC[C@@H](O)C/C=C\CCCCCCCC(=O)NC(CC)N1CCNCC1. The van der Waals surface area contributed by atoms with Gasteiger partial charge in [0.05, 0.1) is 12.3 Å². The van der Waals surface area contributed by atoms with E-state index in [1.54, 1.807) is 0 Å². The molecule has 1 aliphatic heterocycles. The van der Waals surface area contributed by atoms with Gasteiger partial charge in [0.15, 0.2) is 0 Å². The van der Waals surface area contributed by atoms with Gasteiger partial charge in [-0.3, -0.25) is 9.69 Å². The lowest BCUT2D eigenvalue weighted by Gasteiger charge is -2.34. The quantitative estimate of drug-likeness (QED) is 0.220. The van der Waals surface area contributed by atoms with E-state index in [4.69, 9.17) is 0 Å². The molecule has 3 N–H and O–H groups in total. The van der Waals surface area contributed by atoms with Gasteiger partial charge in [0, 0.05) is 32.6 Å². The van der Waals surface area contributed by atoms with Crippen LogP contribution in [0.15, 0.2) is 12.2 Å². The van der Waals surface area contributed by atoms with Gasteiger partial charge in [-0.1, -0.05) is 70.9 Å². The number of allylic oxidation sites excluding steroid dienone is 1. The van der Waals surface area contributed by atoms with Crippen molar-refractivity contribution in [2.75, 3.05) is 26.2 Å². The highest BCUT2D eigenvalue weighted by Gasteiger charge is 2.20. The Hall–Kier alpha value is -0.910. The maximum atomic E-state index is 12.2. The molecule has 5 heteroatoms. The second-order valence-electron chi connectivity index (χ2n) is 8.79. The largest absolute Gasteiger partial charge is 0.393 e. The van der Waals surface area contributed by atoms with Gasteiger partial charge >= 0.3 is 0 Å². The van der Waals surface area contributed by atoms with E-state index in [1.165, 1.54) is 38.5 Å². The fourth-order valence-corrected chi connectivity index (χ4v) is 4.08. The first-order valence-corrected chi connectivity index (χ1v) is 12.7. The lowest BCUT2D eigenvalue weighted by atomic mass is 10.1. The van der Waals surface area contributed by atoms with Crippen molar-refractivity contribution >= 4 is 5.91 Å². The van der Waals surface area contributed by atoms with Crippen molar-refractivity contribution in [2.45, 2.75) is 116 Å². The fraction of sp³-hybridized carbons (Fsp3) is 0.880. The maximum absolute atomic E-state index is 12.2. The molecule has 0 aromatic carbocycles. The Bertz CT molecular complexity index is 436. The molecule has 30 heavy (non-hydrogen) atoms. The van der Waals surface area contributed by atoms with Gasteiger partial charge in [0.2, 0.25) is 5.91 Å². The standard InChI is InChI=1S/C25H49N3O2/c1-3-5-6-13-16-23(29)17-14-11-9-7-8-10-12-15-18-25(30)27-24(4-2)28-21-19-26-20-22-28/h11,14,23-24,26,29H,3-10,12-13,15-22H2,1-2H3,(H,27,30)/b14-11-/t23-,24?/m1/s1. The maximum Gasteiger partial charge on any atom is 0.221 e. The second-order valence-corrected chi connectivity index (χ2v) is 8.79. The molecule has 2 atom stereocenters. The van der Waals surface area contributed by atoms with Gasteiger partial charge in [-0.15, -0.1) is 0 Å². The van der Waals surface area contributed by atoms with E-state index in [9.17, 15) is 9.90 Å². The Morgan fingerprint density at radius 2 is 1.70 bits per heavy atom. The van der Waals surface area contributed by atoms with E-state index in [-0.39, 0.29) is 18.2 Å². The summed E-state index contributed by atoms with van der Waals surface area (Å²) in [5.74, 6) is 0.205. The number of hydrogen-bond acceptors (Lipinski definition) is 4. The summed E-state index contributed by atoms with van der Waals surface area (Å²) < 4.78 is 0. The van der Waals surface area contributed by atoms with Crippen molar-refractivity contribution in [1.29, 1.82) is 0 Å². The lowest BCUT2D eigenvalue weighted by Crippen LogP contribution is -2.54. The Balaban J connectivity index is 1.94. The highest BCUT2D eigenvalue weighted by Crippen LogP contribution is 2.11. The monoisotopic (exact) mass is 423 g/mol. The number of rotatable bonds is 18. The van der Waals surface area contributed by atoms with Gasteiger partial charge in [-0.05, 0) is 38.5 Å². The molecule has 1 rings (SSSR count). The van der Waals surface area contributed by atoms with Crippen molar-refractivity contribution in [3.05, 3.63) is 12.2 Å². The van der Waals surface area contributed by atoms with Crippen LogP contribution in [0.3, 0.4) is 0 Å². The van der Waals surface area contributed by atoms with Gasteiger partial charge in [-0.2, -0.15) is 0 Å². The summed E-state index contributed by atoms with van der Waals surface area (Å²) in [6, 6.07) is 0. The number of carbonyl (C=O) groups excluding carboxylic acids is 1. The number of nitrogens with zero attached hydrogens (tertiary/aromatic N) is 1. The summed E-state index contributed by atoms with van der Waals surface area (Å²) in [7, 11) is 0. The van der Waals surface area contributed by atoms with Crippen molar-refractivity contribution in [2.24, 2.45) is 0 Å². The predicted octanol–water partition coefficient (Wildman–Crippen LogP) is 4.75. The van der Waals surface area contributed by atoms with E-state index in [2.05, 4.69) is 41.5 Å². The third-order valence-corrected chi connectivity index (χ3v) is 6.05. The molecule has 0 radical (unpaired) electrons. The normalized spacial score (nSPS) is 17.3. The number of amides is 1. The summed E-state index contributed by atoms with van der Waals surface area (Å²) >= 11 is 0. The second kappa shape index (κ2) is 18.8. The van der Waals surface area contributed by atoms with E-state index >= 15 is 0 Å². The molecule has 1 unspecified atom stereocenters. The van der Waals surface area contributed by atoms with Gasteiger partial charge < -0.3 is 15.7 Å². The molecule has 0 saturated carbocycles. The van der Waals surface area contributed by atoms with Crippen LogP contribution in [0.1, 0.15) is 104 Å². The zero-order valence-electron chi connectivity index (χ0n) is 19.8. The van der Waals surface area contributed by atoms with Gasteiger partial charge in [0.25, 0.3) is 0 Å². The molecule has 1 saturated heterocycles. The number of piperazine rings is 1. The lowest BCUT2D eigenvalue weighted by molar-refractivity contribution is -0.123. The van der Waals surface area contributed by atoms with E-state index in [0.717, 1.165) is 71.1 Å². The minimum absolute atomic E-state index is 0.164. The first-order chi connectivity index (χ1) is 14.7. The summed E-state index contributed by atoms with van der Waals surface area (Å²) in [4.78, 5) is 14.6. The van der Waals surface area contributed by atoms with Crippen LogP contribution < -0.4 is 10.6 Å². The first-order valence-electron chi connectivity index (χ1n) is 12.7. The summed E-state index contributed by atoms with van der Waals surface area (Å²) in [5, 5.41) is 16.5. The van der Waals surface area contributed by atoms with Gasteiger partial charge in [-0.25, -0.2) is 0 Å². The number of nitrogens with one attached hydrogen (secondary N) is 2. The third-order valence-electron chi connectivity index (χ3n) is 6.05. The zero-order valence-corrected chi connectivity index (χ0v) is 19.8. The van der Waals surface area contributed by atoms with Crippen LogP contribution in [0, 0.1) is 0 Å².